The molecule has 4 nitrogen and oxygen atoms in total. The van der Waals surface area contributed by atoms with Crippen LogP contribution in [0.15, 0.2) is 24.3 Å². The van der Waals surface area contributed by atoms with Gasteiger partial charge in [-0.05, 0) is 30.4 Å². The Kier molecular flexibility index (Phi) is 3.84. The summed E-state index contributed by atoms with van der Waals surface area (Å²) in [6, 6.07) is 7.61. The first kappa shape index (κ1) is 14.6. The predicted molar refractivity (Wildman–Crippen MR) is 78.4 cm³/mol. The molecule has 1 aliphatic heterocycles. The number of benzene rings is 1. The number of imide groups is 1. The number of rotatable bonds is 4. The first-order valence-electron chi connectivity index (χ1n) is 7.14. The van der Waals surface area contributed by atoms with Crippen molar-refractivity contribution in [2.24, 2.45) is 0 Å². The van der Waals surface area contributed by atoms with Gasteiger partial charge in [-0.2, -0.15) is 0 Å². The smallest absolute Gasteiger partial charge is 0.319 e. The van der Waals surface area contributed by atoms with E-state index in [1.807, 2.05) is 31.2 Å². The van der Waals surface area contributed by atoms with Gasteiger partial charge in [-0.1, -0.05) is 45.0 Å². The van der Waals surface area contributed by atoms with Gasteiger partial charge in [0.2, 0.25) is 0 Å². The minimum atomic E-state index is -0.943. The second-order valence-electron chi connectivity index (χ2n) is 5.79. The van der Waals surface area contributed by atoms with Crippen LogP contribution in [0.4, 0.5) is 4.79 Å². The van der Waals surface area contributed by atoms with Gasteiger partial charge >= 0.3 is 6.03 Å². The van der Waals surface area contributed by atoms with Crippen LogP contribution < -0.4 is 5.32 Å². The summed E-state index contributed by atoms with van der Waals surface area (Å²) in [5, 5.41) is 2.82. The maximum atomic E-state index is 12.5. The maximum absolute atomic E-state index is 12.5. The molecular weight excluding hydrogens is 252 g/mol. The first-order valence-corrected chi connectivity index (χ1v) is 7.14. The highest BCUT2D eigenvalue weighted by molar-refractivity contribution is 6.07. The van der Waals surface area contributed by atoms with Gasteiger partial charge in [0.15, 0.2) is 0 Å². The van der Waals surface area contributed by atoms with Crippen LogP contribution >= 0.6 is 0 Å². The van der Waals surface area contributed by atoms with Crippen molar-refractivity contribution in [3.63, 3.8) is 0 Å². The Hall–Kier alpha value is -1.84. The molecule has 0 aromatic heterocycles. The number of hydrogen-bond acceptors (Lipinski definition) is 2. The molecule has 1 aromatic rings. The van der Waals surface area contributed by atoms with Crippen LogP contribution in [0.25, 0.3) is 0 Å². The van der Waals surface area contributed by atoms with Gasteiger partial charge in [-0.15, -0.1) is 0 Å². The molecule has 1 atom stereocenters. The molecule has 1 fully saturated rings. The summed E-state index contributed by atoms with van der Waals surface area (Å²) in [5.74, 6) is 0.281. The normalized spacial score (nSPS) is 22.6. The highest BCUT2D eigenvalue weighted by atomic mass is 16.2. The summed E-state index contributed by atoms with van der Waals surface area (Å²) >= 11 is 0. The molecule has 2 rings (SSSR count). The number of amides is 3. The van der Waals surface area contributed by atoms with E-state index in [4.69, 9.17) is 0 Å². The van der Waals surface area contributed by atoms with Crippen molar-refractivity contribution in [1.29, 1.82) is 0 Å². The predicted octanol–water partition coefficient (Wildman–Crippen LogP) is 2.99. The molecule has 0 bridgehead atoms. The second kappa shape index (κ2) is 5.27. The van der Waals surface area contributed by atoms with Crippen LogP contribution in [0.2, 0.25) is 0 Å². The molecule has 4 heteroatoms. The number of urea groups is 1. The van der Waals surface area contributed by atoms with Crippen LogP contribution in [-0.4, -0.2) is 23.4 Å². The Balaban J connectivity index is 2.31. The zero-order chi connectivity index (χ0) is 14.9. The van der Waals surface area contributed by atoms with Crippen LogP contribution in [0.3, 0.4) is 0 Å². The van der Waals surface area contributed by atoms with Crippen LogP contribution in [0.5, 0.6) is 0 Å². The third-order valence-corrected chi connectivity index (χ3v) is 3.88. The third-order valence-electron chi connectivity index (χ3n) is 3.88. The molecule has 0 saturated carbocycles. The highest BCUT2D eigenvalue weighted by Crippen LogP contribution is 2.29. The number of nitrogens with zero attached hydrogens (tertiary/aromatic N) is 1. The Morgan fingerprint density at radius 1 is 1.20 bits per heavy atom. The van der Waals surface area contributed by atoms with Crippen molar-refractivity contribution < 1.29 is 9.59 Å². The number of carbonyl (C=O) groups is 2. The van der Waals surface area contributed by atoms with Gasteiger partial charge in [-0.25, -0.2) is 4.79 Å². The molecule has 0 aliphatic carbocycles. The van der Waals surface area contributed by atoms with Crippen molar-refractivity contribution >= 4 is 11.9 Å². The average Bonchev–Trinajstić information content (AvgIpc) is 2.64. The summed E-state index contributed by atoms with van der Waals surface area (Å²) in [5.41, 5.74) is 1.11. The average molecular weight is 274 g/mol. The Bertz CT molecular complexity index is 522. The van der Waals surface area contributed by atoms with Crippen molar-refractivity contribution in [2.45, 2.75) is 45.6 Å². The van der Waals surface area contributed by atoms with E-state index in [9.17, 15) is 9.59 Å². The minimum absolute atomic E-state index is 0.165. The van der Waals surface area contributed by atoms with E-state index in [1.54, 1.807) is 6.92 Å². The first-order chi connectivity index (χ1) is 9.40. The highest BCUT2D eigenvalue weighted by Gasteiger charge is 2.48. The van der Waals surface area contributed by atoms with Crippen molar-refractivity contribution in [3.05, 3.63) is 35.4 Å². The lowest BCUT2D eigenvalue weighted by Crippen LogP contribution is -2.41. The lowest BCUT2D eigenvalue weighted by Gasteiger charge is -2.22. The van der Waals surface area contributed by atoms with E-state index in [0.29, 0.717) is 12.5 Å². The number of nitrogens with one attached hydrogen (secondary N) is 1. The summed E-state index contributed by atoms with van der Waals surface area (Å²) < 4.78 is 0. The molecule has 0 spiro atoms. The quantitative estimate of drug-likeness (QED) is 0.858. The minimum Gasteiger partial charge on any atom is -0.319 e. The lowest BCUT2D eigenvalue weighted by atomic mass is 9.90. The van der Waals surface area contributed by atoms with E-state index < -0.39 is 5.54 Å². The second-order valence-corrected chi connectivity index (χ2v) is 5.79. The maximum Gasteiger partial charge on any atom is 0.325 e. The van der Waals surface area contributed by atoms with E-state index in [-0.39, 0.29) is 11.9 Å². The fourth-order valence-corrected chi connectivity index (χ4v) is 2.52. The largest absolute Gasteiger partial charge is 0.325 e. The third kappa shape index (κ3) is 2.30. The number of hydrogen-bond donors (Lipinski definition) is 1. The van der Waals surface area contributed by atoms with Gasteiger partial charge in [0.05, 0.1) is 0 Å². The van der Waals surface area contributed by atoms with Crippen LogP contribution in [-0.2, 0) is 10.3 Å². The van der Waals surface area contributed by atoms with Gasteiger partial charge in [0.25, 0.3) is 5.91 Å². The van der Waals surface area contributed by atoms with Crippen molar-refractivity contribution in [3.8, 4) is 0 Å². The number of carbonyl (C=O) groups excluding carboxylic acids is 2. The molecular formula is C16H22N2O2. The Morgan fingerprint density at radius 2 is 1.80 bits per heavy atom. The Labute approximate surface area is 120 Å². The van der Waals surface area contributed by atoms with Gasteiger partial charge < -0.3 is 5.32 Å². The zero-order valence-corrected chi connectivity index (χ0v) is 12.6. The SMILES string of the molecule is CCCN1C(=O)NC(C)(c2ccc(C(C)C)cc2)C1=O. The fraction of sp³-hybridized carbons (Fsp3) is 0.500. The molecule has 1 unspecified atom stereocenters. The molecule has 3 amide bonds. The summed E-state index contributed by atoms with van der Waals surface area (Å²) in [7, 11) is 0. The summed E-state index contributed by atoms with van der Waals surface area (Å²) in [6.45, 7) is 8.44. The van der Waals surface area contributed by atoms with Crippen LogP contribution in [0.1, 0.15) is 51.2 Å². The lowest BCUT2D eigenvalue weighted by molar-refractivity contribution is -0.131. The molecule has 1 saturated heterocycles. The molecule has 1 aliphatic rings. The molecule has 20 heavy (non-hydrogen) atoms. The van der Waals surface area contributed by atoms with Crippen molar-refractivity contribution in [2.75, 3.05) is 6.54 Å². The molecule has 108 valence electrons. The van der Waals surface area contributed by atoms with Crippen LogP contribution in [0, 0.1) is 0 Å². The van der Waals surface area contributed by atoms with E-state index in [2.05, 4.69) is 19.2 Å². The van der Waals surface area contributed by atoms with Crippen molar-refractivity contribution in [1.82, 2.24) is 10.2 Å². The zero-order valence-electron chi connectivity index (χ0n) is 12.6. The monoisotopic (exact) mass is 274 g/mol. The molecule has 1 aromatic carbocycles. The van der Waals surface area contributed by atoms with Gasteiger partial charge in [-0.3, -0.25) is 9.69 Å². The van der Waals surface area contributed by atoms with E-state index in [0.717, 1.165) is 12.0 Å². The topological polar surface area (TPSA) is 49.4 Å². The van der Waals surface area contributed by atoms with E-state index >= 15 is 0 Å². The van der Waals surface area contributed by atoms with Gasteiger partial charge in [0, 0.05) is 6.54 Å². The molecule has 1 N–H and O–H groups in total. The fourth-order valence-electron chi connectivity index (χ4n) is 2.52. The standard InChI is InChI=1S/C16H22N2O2/c1-5-10-18-14(19)16(4,17-15(18)20)13-8-6-12(7-9-13)11(2)3/h6-9,11H,5,10H2,1-4H3,(H,17,20). The summed E-state index contributed by atoms with van der Waals surface area (Å²) in [4.78, 5) is 25.7. The molecule has 1 heterocycles. The molecule has 0 radical (unpaired) electrons. The van der Waals surface area contributed by atoms with E-state index in [1.165, 1.54) is 10.5 Å². The van der Waals surface area contributed by atoms with Gasteiger partial charge in [0.1, 0.15) is 5.54 Å². The summed E-state index contributed by atoms with van der Waals surface area (Å²) in [6.07, 6.45) is 0.765. The Morgan fingerprint density at radius 3 is 2.30 bits per heavy atom.